The third kappa shape index (κ3) is 3.11. The minimum Gasteiger partial charge on any atom is -0.307 e. The van der Waals surface area contributed by atoms with E-state index in [9.17, 15) is 4.39 Å². The molecule has 0 heterocycles. The zero-order valence-electron chi connectivity index (χ0n) is 11.6. The molecule has 0 saturated heterocycles. The number of benzene rings is 1. The molecule has 0 aliphatic heterocycles. The van der Waals surface area contributed by atoms with Gasteiger partial charge in [0, 0.05) is 17.6 Å². The molecule has 1 aromatic carbocycles. The molecule has 2 rings (SSSR count). The topological polar surface area (TPSA) is 12.0 Å². The highest BCUT2D eigenvalue weighted by Crippen LogP contribution is 2.30. The highest BCUT2D eigenvalue weighted by molar-refractivity contribution is 5.20. The van der Waals surface area contributed by atoms with Crippen molar-refractivity contribution in [3.05, 3.63) is 35.6 Å². The second kappa shape index (κ2) is 5.83. The minimum absolute atomic E-state index is 0.0870. The Kier molecular flexibility index (Phi) is 4.39. The largest absolute Gasteiger partial charge is 0.307 e. The summed E-state index contributed by atoms with van der Waals surface area (Å²) in [6.07, 6.45) is 3.82. The zero-order chi connectivity index (χ0) is 13.1. The molecule has 18 heavy (non-hydrogen) atoms. The van der Waals surface area contributed by atoms with Crippen LogP contribution in [-0.2, 0) is 0 Å². The van der Waals surface area contributed by atoms with Crippen molar-refractivity contribution in [3.8, 4) is 0 Å². The molecule has 2 heteroatoms. The van der Waals surface area contributed by atoms with Crippen molar-refractivity contribution in [2.24, 2.45) is 11.8 Å². The summed E-state index contributed by atoms with van der Waals surface area (Å²) in [5.74, 6) is 1.37. The molecule has 1 fully saturated rings. The Morgan fingerprint density at radius 1 is 1.22 bits per heavy atom. The quantitative estimate of drug-likeness (QED) is 0.842. The van der Waals surface area contributed by atoms with Gasteiger partial charge in [0.05, 0.1) is 0 Å². The van der Waals surface area contributed by atoms with Gasteiger partial charge in [0.15, 0.2) is 0 Å². The number of rotatable bonds is 3. The Morgan fingerprint density at radius 3 is 2.67 bits per heavy atom. The van der Waals surface area contributed by atoms with Gasteiger partial charge < -0.3 is 5.32 Å². The summed E-state index contributed by atoms with van der Waals surface area (Å²) in [5.41, 5.74) is 0.780. The van der Waals surface area contributed by atoms with E-state index >= 15 is 0 Å². The van der Waals surface area contributed by atoms with Gasteiger partial charge in [-0.15, -0.1) is 0 Å². The highest BCUT2D eigenvalue weighted by atomic mass is 19.1. The number of hydrogen-bond donors (Lipinski definition) is 1. The molecule has 4 unspecified atom stereocenters. The van der Waals surface area contributed by atoms with Gasteiger partial charge in [-0.2, -0.15) is 0 Å². The third-order valence-corrected chi connectivity index (χ3v) is 4.29. The summed E-state index contributed by atoms with van der Waals surface area (Å²) in [4.78, 5) is 0. The molecule has 0 aromatic heterocycles. The van der Waals surface area contributed by atoms with Crippen LogP contribution in [0.5, 0.6) is 0 Å². The number of nitrogens with one attached hydrogen (secondary N) is 1. The molecule has 1 nitrogen and oxygen atoms in total. The maximum absolute atomic E-state index is 13.7. The van der Waals surface area contributed by atoms with Gasteiger partial charge in [-0.1, -0.05) is 38.5 Å². The van der Waals surface area contributed by atoms with Crippen molar-refractivity contribution in [1.29, 1.82) is 0 Å². The Morgan fingerprint density at radius 2 is 1.94 bits per heavy atom. The van der Waals surface area contributed by atoms with Gasteiger partial charge in [0.1, 0.15) is 5.82 Å². The van der Waals surface area contributed by atoms with Crippen LogP contribution in [0.3, 0.4) is 0 Å². The van der Waals surface area contributed by atoms with Crippen molar-refractivity contribution in [3.63, 3.8) is 0 Å². The summed E-state index contributed by atoms with van der Waals surface area (Å²) in [5, 5.41) is 3.62. The van der Waals surface area contributed by atoms with Gasteiger partial charge in [-0.3, -0.25) is 0 Å². The molecule has 1 N–H and O–H groups in total. The smallest absolute Gasteiger partial charge is 0.127 e. The molecule has 0 amide bonds. The van der Waals surface area contributed by atoms with Crippen LogP contribution >= 0.6 is 0 Å². The summed E-state index contributed by atoms with van der Waals surface area (Å²) in [6.45, 7) is 6.68. The van der Waals surface area contributed by atoms with Crippen LogP contribution in [0.25, 0.3) is 0 Å². The Labute approximate surface area is 110 Å². The van der Waals surface area contributed by atoms with Crippen molar-refractivity contribution >= 4 is 0 Å². The molecule has 4 atom stereocenters. The Hall–Kier alpha value is -0.890. The van der Waals surface area contributed by atoms with Crippen LogP contribution in [0.2, 0.25) is 0 Å². The van der Waals surface area contributed by atoms with Gasteiger partial charge >= 0.3 is 0 Å². The molecule has 1 saturated carbocycles. The fourth-order valence-corrected chi connectivity index (χ4v) is 3.00. The first kappa shape index (κ1) is 13.5. The molecular formula is C16H24FN. The van der Waals surface area contributed by atoms with E-state index in [4.69, 9.17) is 0 Å². The Balaban J connectivity index is 2.02. The molecular weight excluding hydrogens is 225 g/mol. The van der Waals surface area contributed by atoms with E-state index in [1.165, 1.54) is 19.3 Å². The summed E-state index contributed by atoms with van der Waals surface area (Å²) >= 11 is 0. The van der Waals surface area contributed by atoms with Crippen molar-refractivity contribution in [2.75, 3.05) is 0 Å². The summed E-state index contributed by atoms with van der Waals surface area (Å²) in [6, 6.07) is 7.68. The lowest BCUT2D eigenvalue weighted by molar-refractivity contribution is 0.215. The number of halogens is 1. The van der Waals surface area contributed by atoms with Crippen LogP contribution in [0.4, 0.5) is 4.39 Å². The van der Waals surface area contributed by atoms with Gasteiger partial charge in [0.2, 0.25) is 0 Å². The first-order valence-corrected chi connectivity index (χ1v) is 7.08. The molecule has 1 aromatic rings. The fraction of sp³-hybridized carbons (Fsp3) is 0.625. The van der Waals surface area contributed by atoms with Crippen molar-refractivity contribution in [2.45, 2.75) is 52.1 Å². The number of hydrogen-bond acceptors (Lipinski definition) is 1. The van der Waals surface area contributed by atoms with Gasteiger partial charge in [-0.05, 0) is 37.7 Å². The van der Waals surface area contributed by atoms with E-state index in [0.29, 0.717) is 12.0 Å². The van der Waals surface area contributed by atoms with Gasteiger partial charge in [-0.25, -0.2) is 4.39 Å². The summed E-state index contributed by atoms with van der Waals surface area (Å²) < 4.78 is 13.7. The second-order valence-corrected chi connectivity index (χ2v) is 5.91. The van der Waals surface area contributed by atoms with Crippen LogP contribution in [-0.4, -0.2) is 6.04 Å². The predicted molar refractivity (Wildman–Crippen MR) is 73.9 cm³/mol. The van der Waals surface area contributed by atoms with Gasteiger partial charge in [0.25, 0.3) is 0 Å². The van der Waals surface area contributed by atoms with E-state index in [0.717, 1.165) is 11.5 Å². The SMILES string of the molecule is CC1CCC(C)C(NC(C)c2ccccc2F)C1. The van der Waals surface area contributed by atoms with Crippen LogP contribution in [0, 0.1) is 17.7 Å². The lowest BCUT2D eigenvalue weighted by atomic mass is 9.79. The van der Waals surface area contributed by atoms with Crippen LogP contribution in [0.15, 0.2) is 24.3 Å². The Bertz CT molecular complexity index is 390. The van der Waals surface area contributed by atoms with Crippen molar-refractivity contribution < 1.29 is 4.39 Å². The zero-order valence-corrected chi connectivity index (χ0v) is 11.6. The maximum atomic E-state index is 13.7. The first-order valence-electron chi connectivity index (χ1n) is 7.08. The van der Waals surface area contributed by atoms with E-state index in [1.54, 1.807) is 12.1 Å². The fourth-order valence-electron chi connectivity index (χ4n) is 3.00. The van der Waals surface area contributed by atoms with Crippen LogP contribution < -0.4 is 5.32 Å². The molecule has 1 aliphatic rings. The average Bonchev–Trinajstić information content (AvgIpc) is 2.34. The normalized spacial score (nSPS) is 30.1. The van der Waals surface area contributed by atoms with E-state index in [-0.39, 0.29) is 11.9 Å². The third-order valence-electron chi connectivity index (χ3n) is 4.29. The van der Waals surface area contributed by atoms with Crippen LogP contribution in [0.1, 0.15) is 51.6 Å². The van der Waals surface area contributed by atoms with Crippen molar-refractivity contribution in [1.82, 2.24) is 5.32 Å². The second-order valence-electron chi connectivity index (χ2n) is 5.91. The standard InChI is InChI=1S/C16H24FN/c1-11-8-9-12(2)16(10-11)18-13(3)14-6-4-5-7-15(14)17/h4-7,11-13,16,18H,8-10H2,1-3H3. The predicted octanol–water partition coefficient (Wildman–Crippen LogP) is 4.30. The summed E-state index contributed by atoms with van der Waals surface area (Å²) in [7, 11) is 0. The molecule has 1 aliphatic carbocycles. The average molecular weight is 249 g/mol. The monoisotopic (exact) mass is 249 g/mol. The lowest BCUT2D eigenvalue weighted by Crippen LogP contribution is -2.40. The highest BCUT2D eigenvalue weighted by Gasteiger charge is 2.27. The molecule has 100 valence electrons. The molecule has 0 radical (unpaired) electrons. The maximum Gasteiger partial charge on any atom is 0.127 e. The first-order chi connectivity index (χ1) is 8.58. The van der Waals surface area contributed by atoms with E-state index in [2.05, 4.69) is 26.1 Å². The lowest BCUT2D eigenvalue weighted by Gasteiger charge is -2.35. The molecule has 0 bridgehead atoms. The minimum atomic E-state index is -0.103. The van der Waals surface area contributed by atoms with E-state index < -0.39 is 0 Å². The molecule has 0 spiro atoms. The van der Waals surface area contributed by atoms with E-state index in [1.807, 2.05) is 12.1 Å².